The Kier molecular flexibility index (Phi) is 4.66. The van der Waals surface area contributed by atoms with E-state index in [1.165, 1.54) is 0 Å². The zero-order valence-corrected chi connectivity index (χ0v) is 11.8. The van der Waals surface area contributed by atoms with Gasteiger partial charge in [-0.2, -0.15) is 0 Å². The largest absolute Gasteiger partial charge is 0.382 e. The van der Waals surface area contributed by atoms with Crippen LogP contribution in [0.3, 0.4) is 0 Å². The van der Waals surface area contributed by atoms with Gasteiger partial charge >= 0.3 is 0 Å². The van der Waals surface area contributed by atoms with E-state index in [1.54, 1.807) is 0 Å². The summed E-state index contributed by atoms with van der Waals surface area (Å²) in [4.78, 5) is 12.4. The van der Waals surface area contributed by atoms with E-state index in [4.69, 9.17) is 0 Å². The Morgan fingerprint density at radius 2 is 2.11 bits per heavy atom. The molecule has 4 nitrogen and oxygen atoms in total. The lowest BCUT2D eigenvalue weighted by atomic mass is 10.1. The van der Waals surface area contributed by atoms with Gasteiger partial charge in [0.1, 0.15) is 0 Å². The Morgan fingerprint density at radius 3 is 2.84 bits per heavy atom. The van der Waals surface area contributed by atoms with Crippen LogP contribution in [-0.4, -0.2) is 25.0 Å². The predicted molar refractivity (Wildman–Crippen MR) is 79.9 cm³/mol. The number of rotatable bonds is 5. The molecular weight excluding hydrogens is 238 g/mol. The van der Waals surface area contributed by atoms with Crippen molar-refractivity contribution >= 4 is 17.3 Å². The van der Waals surface area contributed by atoms with Gasteiger partial charge in [0.25, 0.3) is 5.91 Å². The van der Waals surface area contributed by atoms with E-state index in [0.717, 1.165) is 49.3 Å². The molecule has 1 aromatic rings. The van der Waals surface area contributed by atoms with E-state index in [0.29, 0.717) is 0 Å². The van der Waals surface area contributed by atoms with Gasteiger partial charge in [0.05, 0.1) is 16.9 Å². The van der Waals surface area contributed by atoms with Gasteiger partial charge in [0.2, 0.25) is 0 Å². The van der Waals surface area contributed by atoms with Crippen LogP contribution in [0.25, 0.3) is 0 Å². The average molecular weight is 261 g/mol. The van der Waals surface area contributed by atoms with Crippen molar-refractivity contribution in [3.05, 3.63) is 23.8 Å². The molecule has 19 heavy (non-hydrogen) atoms. The summed E-state index contributed by atoms with van der Waals surface area (Å²) in [5.74, 6) is 0.0216. The van der Waals surface area contributed by atoms with Crippen molar-refractivity contribution < 1.29 is 4.79 Å². The van der Waals surface area contributed by atoms with Crippen LogP contribution in [0.2, 0.25) is 0 Å². The minimum absolute atomic E-state index is 0.0216. The van der Waals surface area contributed by atoms with Gasteiger partial charge in [-0.3, -0.25) is 4.79 Å². The normalized spacial score (nSPS) is 14.8. The molecule has 1 unspecified atom stereocenters. The summed E-state index contributed by atoms with van der Waals surface area (Å²) in [6, 6.07) is 6.08. The number of fused-ring (bicyclic) bond motifs is 1. The minimum atomic E-state index is 0.0216. The van der Waals surface area contributed by atoms with Crippen molar-refractivity contribution in [1.82, 2.24) is 5.32 Å². The Labute approximate surface area is 115 Å². The van der Waals surface area contributed by atoms with Crippen LogP contribution < -0.4 is 16.0 Å². The smallest absolute Gasteiger partial charge is 0.253 e. The molecule has 0 saturated carbocycles. The first-order chi connectivity index (χ1) is 9.26. The highest BCUT2D eigenvalue weighted by atomic mass is 16.1. The second-order valence-electron chi connectivity index (χ2n) is 4.95. The maximum absolute atomic E-state index is 12.4. The second kappa shape index (κ2) is 6.45. The van der Waals surface area contributed by atoms with Crippen LogP contribution >= 0.6 is 0 Å². The van der Waals surface area contributed by atoms with Gasteiger partial charge in [0.15, 0.2) is 0 Å². The van der Waals surface area contributed by atoms with Gasteiger partial charge < -0.3 is 16.0 Å². The lowest BCUT2D eigenvalue weighted by Gasteiger charge is -2.23. The highest BCUT2D eigenvalue weighted by Gasteiger charge is 2.18. The summed E-state index contributed by atoms with van der Waals surface area (Å²) >= 11 is 0. The number of amides is 1. The van der Waals surface area contributed by atoms with E-state index in [1.807, 2.05) is 18.2 Å². The van der Waals surface area contributed by atoms with Crippen LogP contribution in [0.4, 0.5) is 11.4 Å². The molecule has 0 spiro atoms. The van der Waals surface area contributed by atoms with E-state index >= 15 is 0 Å². The van der Waals surface area contributed by atoms with Gasteiger partial charge in [-0.25, -0.2) is 0 Å². The Morgan fingerprint density at radius 1 is 1.32 bits per heavy atom. The molecule has 0 aromatic heterocycles. The third-order valence-corrected chi connectivity index (χ3v) is 3.52. The maximum atomic E-state index is 12.4. The van der Waals surface area contributed by atoms with Crippen LogP contribution in [-0.2, 0) is 0 Å². The Bertz CT molecular complexity index is 445. The van der Waals surface area contributed by atoms with Crippen molar-refractivity contribution in [2.24, 2.45) is 0 Å². The number of hydrogen-bond acceptors (Lipinski definition) is 3. The standard InChI is InChI=1S/C15H23N3O/c1-3-6-11(4-2)18-15(19)12-7-5-8-13-14(12)17-10-9-16-13/h5,7-8,11,16-17H,3-4,6,9-10H2,1-2H3,(H,18,19). The van der Waals surface area contributed by atoms with Crippen molar-refractivity contribution in [3.63, 3.8) is 0 Å². The molecule has 1 aromatic carbocycles. The lowest BCUT2D eigenvalue weighted by molar-refractivity contribution is 0.0934. The molecule has 1 atom stereocenters. The monoisotopic (exact) mass is 261 g/mol. The fourth-order valence-corrected chi connectivity index (χ4v) is 2.45. The maximum Gasteiger partial charge on any atom is 0.253 e. The number of nitrogens with one attached hydrogen (secondary N) is 3. The summed E-state index contributed by atoms with van der Waals surface area (Å²) in [6.45, 7) is 6.00. The molecule has 1 heterocycles. The molecule has 0 saturated heterocycles. The first-order valence-electron chi connectivity index (χ1n) is 7.17. The summed E-state index contributed by atoms with van der Waals surface area (Å²) < 4.78 is 0. The predicted octanol–water partition coefficient (Wildman–Crippen LogP) is 2.83. The molecule has 0 fully saturated rings. The number of benzene rings is 1. The van der Waals surface area contributed by atoms with Crippen molar-refractivity contribution in [1.29, 1.82) is 0 Å². The molecule has 1 aliphatic rings. The van der Waals surface area contributed by atoms with Gasteiger partial charge in [-0.1, -0.05) is 26.3 Å². The van der Waals surface area contributed by atoms with E-state index < -0.39 is 0 Å². The van der Waals surface area contributed by atoms with Gasteiger partial charge in [-0.15, -0.1) is 0 Å². The fourth-order valence-electron chi connectivity index (χ4n) is 2.45. The number of hydrogen-bond donors (Lipinski definition) is 3. The SMILES string of the molecule is CCCC(CC)NC(=O)c1cccc2c1NCCN2. The minimum Gasteiger partial charge on any atom is -0.382 e. The molecule has 0 radical (unpaired) electrons. The second-order valence-corrected chi connectivity index (χ2v) is 4.95. The summed E-state index contributed by atoms with van der Waals surface area (Å²) in [5.41, 5.74) is 2.68. The summed E-state index contributed by atoms with van der Waals surface area (Å²) in [5, 5.41) is 9.75. The highest BCUT2D eigenvalue weighted by molar-refractivity contribution is 6.02. The Hall–Kier alpha value is -1.71. The number of carbonyl (C=O) groups excluding carboxylic acids is 1. The number of anilines is 2. The molecule has 1 aliphatic heterocycles. The zero-order valence-electron chi connectivity index (χ0n) is 11.8. The lowest BCUT2D eigenvalue weighted by Crippen LogP contribution is -2.35. The van der Waals surface area contributed by atoms with E-state index in [2.05, 4.69) is 29.8 Å². The number of para-hydroxylation sites is 1. The van der Waals surface area contributed by atoms with Crippen LogP contribution in [0.15, 0.2) is 18.2 Å². The molecule has 3 N–H and O–H groups in total. The van der Waals surface area contributed by atoms with E-state index in [9.17, 15) is 4.79 Å². The fraction of sp³-hybridized carbons (Fsp3) is 0.533. The van der Waals surface area contributed by atoms with E-state index in [-0.39, 0.29) is 11.9 Å². The zero-order chi connectivity index (χ0) is 13.7. The van der Waals surface area contributed by atoms with Gasteiger partial charge in [0, 0.05) is 19.1 Å². The quantitative estimate of drug-likeness (QED) is 0.764. The third kappa shape index (κ3) is 3.19. The summed E-state index contributed by atoms with van der Waals surface area (Å²) in [6.07, 6.45) is 3.09. The summed E-state index contributed by atoms with van der Waals surface area (Å²) in [7, 11) is 0. The van der Waals surface area contributed by atoms with Crippen molar-refractivity contribution in [2.45, 2.75) is 39.2 Å². The van der Waals surface area contributed by atoms with Crippen LogP contribution in [0, 0.1) is 0 Å². The molecule has 1 amide bonds. The topological polar surface area (TPSA) is 53.2 Å². The highest BCUT2D eigenvalue weighted by Crippen LogP contribution is 2.28. The molecule has 104 valence electrons. The van der Waals surface area contributed by atoms with Crippen LogP contribution in [0.1, 0.15) is 43.5 Å². The third-order valence-electron chi connectivity index (χ3n) is 3.52. The van der Waals surface area contributed by atoms with Crippen molar-refractivity contribution in [3.8, 4) is 0 Å². The molecule has 4 heteroatoms. The molecule has 0 bridgehead atoms. The van der Waals surface area contributed by atoms with Gasteiger partial charge in [-0.05, 0) is 25.0 Å². The first-order valence-corrected chi connectivity index (χ1v) is 7.17. The number of carbonyl (C=O) groups is 1. The first kappa shape index (κ1) is 13.7. The van der Waals surface area contributed by atoms with Crippen molar-refractivity contribution in [2.75, 3.05) is 23.7 Å². The Balaban J connectivity index is 2.15. The molecular formula is C15H23N3O. The van der Waals surface area contributed by atoms with Crippen LogP contribution in [0.5, 0.6) is 0 Å². The molecule has 2 rings (SSSR count). The molecule has 0 aliphatic carbocycles. The average Bonchev–Trinajstić information content (AvgIpc) is 2.46.